The van der Waals surface area contributed by atoms with E-state index in [1.54, 1.807) is 0 Å². The van der Waals surface area contributed by atoms with E-state index in [2.05, 4.69) is 27.8 Å². The Kier molecular flexibility index (Phi) is 5.88. The molecule has 3 aromatic carbocycles. The Bertz CT molecular complexity index is 1380. The summed E-state index contributed by atoms with van der Waals surface area (Å²) < 4.78 is 15.6. The second-order valence-corrected chi connectivity index (χ2v) is 9.16. The van der Waals surface area contributed by atoms with Crippen LogP contribution in [0.15, 0.2) is 83.7 Å². The fourth-order valence-electron chi connectivity index (χ4n) is 5.19. The molecule has 1 aromatic heterocycles. The van der Waals surface area contributed by atoms with E-state index in [0.29, 0.717) is 13.2 Å². The van der Waals surface area contributed by atoms with Crippen LogP contribution < -0.4 is 15.0 Å². The highest BCUT2D eigenvalue weighted by atomic mass is 16.5. The van der Waals surface area contributed by atoms with Crippen molar-refractivity contribution in [2.45, 2.75) is 32.5 Å². The molecule has 6 nitrogen and oxygen atoms in total. The van der Waals surface area contributed by atoms with E-state index < -0.39 is 0 Å². The molecule has 0 atom stereocenters. The van der Waals surface area contributed by atoms with Gasteiger partial charge in [0.05, 0.1) is 24.5 Å². The van der Waals surface area contributed by atoms with Crippen molar-refractivity contribution < 1.29 is 9.47 Å². The SMILES string of the molecule is O=c1c2c(n(CCOc3ccccc3)n1-c1ccccc1)CN(Cc1ccc3c(c1)CCO3)CC2. The molecule has 178 valence electrons. The molecular formula is C29H29N3O3. The lowest BCUT2D eigenvalue weighted by Gasteiger charge is -2.28. The van der Waals surface area contributed by atoms with Crippen molar-refractivity contribution in [1.82, 2.24) is 14.3 Å². The maximum atomic E-state index is 13.5. The number of para-hydroxylation sites is 2. The lowest BCUT2D eigenvalue weighted by atomic mass is 10.0. The largest absolute Gasteiger partial charge is 0.493 e. The maximum Gasteiger partial charge on any atom is 0.274 e. The first kappa shape index (κ1) is 21.7. The summed E-state index contributed by atoms with van der Waals surface area (Å²) in [6.45, 7) is 4.33. The third-order valence-electron chi connectivity index (χ3n) is 6.88. The molecule has 0 spiro atoms. The van der Waals surface area contributed by atoms with Gasteiger partial charge >= 0.3 is 0 Å². The zero-order valence-corrected chi connectivity index (χ0v) is 19.7. The highest BCUT2D eigenvalue weighted by molar-refractivity contribution is 5.40. The first-order chi connectivity index (χ1) is 17.3. The summed E-state index contributed by atoms with van der Waals surface area (Å²) >= 11 is 0. The fraction of sp³-hybridized carbons (Fsp3) is 0.276. The molecule has 4 aromatic rings. The molecule has 0 N–H and O–H groups in total. The zero-order valence-electron chi connectivity index (χ0n) is 19.7. The second kappa shape index (κ2) is 9.47. The van der Waals surface area contributed by atoms with Gasteiger partial charge in [0.25, 0.3) is 5.56 Å². The minimum absolute atomic E-state index is 0.0836. The van der Waals surface area contributed by atoms with Gasteiger partial charge in [-0.3, -0.25) is 14.4 Å². The minimum Gasteiger partial charge on any atom is -0.493 e. The van der Waals surface area contributed by atoms with Crippen molar-refractivity contribution in [2.75, 3.05) is 19.8 Å². The number of nitrogens with zero attached hydrogens (tertiary/aromatic N) is 3. The van der Waals surface area contributed by atoms with Crippen molar-refractivity contribution in [1.29, 1.82) is 0 Å². The van der Waals surface area contributed by atoms with E-state index >= 15 is 0 Å². The molecule has 0 saturated carbocycles. The number of fused-ring (bicyclic) bond motifs is 2. The van der Waals surface area contributed by atoms with Crippen LogP contribution in [0.4, 0.5) is 0 Å². The Labute approximate surface area is 204 Å². The zero-order chi connectivity index (χ0) is 23.6. The second-order valence-electron chi connectivity index (χ2n) is 9.16. The summed E-state index contributed by atoms with van der Waals surface area (Å²) in [6, 6.07) is 26.3. The smallest absolute Gasteiger partial charge is 0.274 e. The Balaban J connectivity index is 1.28. The number of rotatable bonds is 7. The monoisotopic (exact) mass is 467 g/mol. The number of hydrogen-bond acceptors (Lipinski definition) is 4. The molecular weight excluding hydrogens is 438 g/mol. The van der Waals surface area contributed by atoms with Crippen LogP contribution >= 0.6 is 0 Å². The fourth-order valence-corrected chi connectivity index (χ4v) is 5.19. The molecule has 3 heterocycles. The third-order valence-corrected chi connectivity index (χ3v) is 6.88. The predicted octanol–water partition coefficient (Wildman–Crippen LogP) is 4.21. The van der Waals surface area contributed by atoms with Gasteiger partial charge in [0.1, 0.15) is 18.1 Å². The van der Waals surface area contributed by atoms with Gasteiger partial charge in [-0.15, -0.1) is 0 Å². The predicted molar refractivity (Wildman–Crippen MR) is 135 cm³/mol. The van der Waals surface area contributed by atoms with E-state index in [-0.39, 0.29) is 5.56 Å². The highest BCUT2D eigenvalue weighted by Crippen LogP contribution is 2.27. The topological polar surface area (TPSA) is 48.6 Å². The number of ether oxygens (including phenoxy) is 2. The van der Waals surface area contributed by atoms with Gasteiger partial charge in [0, 0.05) is 31.6 Å². The first-order valence-electron chi connectivity index (χ1n) is 12.3. The summed E-state index contributed by atoms with van der Waals surface area (Å²) in [7, 11) is 0. The molecule has 2 aliphatic heterocycles. The molecule has 6 heteroatoms. The number of aromatic nitrogens is 2. The summed E-state index contributed by atoms with van der Waals surface area (Å²) in [5.74, 6) is 1.85. The Morgan fingerprint density at radius 3 is 2.54 bits per heavy atom. The van der Waals surface area contributed by atoms with Crippen LogP contribution in [-0.2, 0) is 32.5 Å². The standard InChI is InChI=1S/C29H29N3O3/c33-29-26-13-15-30(20-22-11-12-28-23(19-22)14-17-35-28)21-27(26)31(32(29)24-7-3-1-4-8-24)16-18-34-25-9-5-2-6-10-25/h1-12,19H,13-18,20-21H2. The molecule has 0 aliphatic carbocycles. The maximum absolute atomic E-state index is 13.5. The lowest BCUT2D eigenvalue weighted by Crippen LogP contribution is -2.32. The van der Waals surface area contributed by atoms with Crippen molar-refractivity contribution >= 4 is 0 Å². The van der Waals surface area contributed by atoms with Crippen molar-refractivity contribution in [3.8, 4) is 17.2 Å². The van der Waals surface area contributed by atoms with Gasteiger partial charge in [-0.25, -0.2) is 4.68 Å². The van der Waals surface area contributed by atoms with Crippen molar-refractivity contribution in [3.63, 3.8) is 0 Å². The highest BCUT2D eigenvalue weighted by Gasteiger charge is 2.27. The van der Waals surface area contributed by atoms with Crippen LogP contribution in [0, 0.1) is 0 Å². The van der Waals surface area contributed by atoms with Crippen LogP contribution in [0.3, 0.4) is 0 Å². The quantitative estimate of drug-likeness (QED) is 0.409. The van der Waals surface area contributed by atoms with E-state index in [1.807, 2.05) is 65.3 Å². The molecule has 0 radical (unpaired) electrons. The lowest BCUT2D eigenvalue weighted by molar-refractivity contribution is 0.228. The normalized spacial score (nSPS) is 14.9. The van der Waals surface area contributed by atoms with Crippen molar-refractivity contribution in [2.24, 2.45) is 0 Å². The van der Waals surface area contributed by atoms with Crippen LogP contribution in [-0.4, -0.2) is 34.0 Å². The summed E-state index contributed by atoms with van der Waals surface area (Å²) in [5.41, 5.74) is 5.57. The molecule has 0 unspecified atom stereocenters. The van der Waals surface area contributed by atoms with Gasteiger partial charge in [0.15, 0.2) is 0 Å². The van der Waals surface area contributed by atoms with Gasteiger partial charge in [0.2, 0.25) is 0 Å². The van der Waals surface area contributed by atoms with E-state index in [9.17, 15) is 4.79 Å². The van der Waals surface area contributed by atoms with E-state index in [4.69, 9.17) is 9.47 Å². The number of hydrogen-bond donors (Lipinski definition) is 0. The molecule has 35 heavy (non-hydrogen) atoms. The van der Waals surface area contributed by atoms with Crippen LogP contribution in [0.2, 0.25) is 0 Å². The average Bonchev–Trinajstić information content (AvgIpc) is 3.47. The van der Waals surface area contributed by atoms with Gasteiger partial charge in [-0.05, 0) is 47.9 Å². The first-order valence-corrected chi connectivity index (χ1v) is 12.3. The molecule has 0 amide bonds. The van der Waals surface area contributed by atoms with Gasteiger partial charge < -0.3 is 9.47 Å². The Morgan fingerprint density at radius 1 is 0.914 bits per heavy atom. The third kappa shape index (κ3) is 4.37. The van der Waals surface area contributed by atoms with Crippen LogP contribution in [0.1, 0.15) is 22.4 Å². The summed E-state index contributed by atoms with van der Waals surface area (Å²) in [5, 5.41) is 0. The summed E-state index contributed by atoms with van der Waals surface area (Å²) in [6.07, 6.45) is 1.73. The van der Waals surface area contributed by atoms with E-state index in [0.717, 1.165) is 67.5 Å². The van der Waals surface area contributed by atoms with Crippen LogP contribution in [0.25, 0.3) is 5.69 Å². The number of benzene rings is 3. The molecule has 0 saturated heterocycles. The minimum atomic E-state index is 0.0836. The van der Waals surface area contributed by atoms with Gasteiger partial charge in [-0.1, -0.05) is 48.5 Å². The Morgan fingerprint density at radius 2 is 1.71 bits per heavy atom. The Hall–Kier alpha value is -3.77. The van der Waals surface area contributed by atoms with Crippen LogP contribution in [0.5, 0.6) is 11.5 Å². The molecule has 6 rings (SSSR count). The average molecular weight is 468 g/mol. The molecule has 0 fully saturated rings. The van der Waals surface area contributed by atoms with Gasteiger partial charge in [-0.2, -0.15) is 0 Å². The van der Waals surface area contributed by atoms with E-state index in [1.165, 1.54) is 11.1 Å². The van der Waals surface area contributed by atoms with Crippen molar-refractivity contribution in [3.05, 3.63) is 112 Å². The molecule has 0 bridgehead atoms. The molecule has 2 aliphatic rings. The summed E-state index contributed by atoms with van der Waals surface area (Å²) in [4.78, 5) is 16.0.